The van der Waals surface area contributed by atoms with E-state index in [0.29, 0.717) is 10.8 Å². The first-order valence-electron chi connectivity index (χ1n) is 6.96. The third kappa shape index (κ3) is 3.52. The van der Waals surface area contributed by atoms with E-state index in [9.17, 15) is 4.79 Å². The molecule has 0 aliphatic heterocycles. The minimum absolute atomic E-state index is 0.239. The standard InChI is InChI=1S/C17H14ClN3O2/c1-11-13(18)4-2-5-14(11)20-12-7-8-16(19-10-12)21-17(22)15-6-3-9-23-15/h2-10,20H,1H3,(H,19,21,22). The molecule has 0 aliphatic carbocycles. The Morgan fingerprint density at radius 2 is 2.04 bits per heavy atom. The minimum Gasteiger partial charge on any atom is -0.459 e. The molecule has 116 valence electrons. The molecule has 1 aromatic carbocycles. The Hall–Kier alpha value is -2.79. The van der Waals surface area contributed by atoms with Gasteiger partial charge in [-0.25, -0.2) is 4.98 Å². The van der Waals surface area contributed by atoms with E-state index in [1.165, 1.54) is 6.26 Å². The van der Waals surface area contributed by atoms with Crippen LogP contribution in [0.25, 0.3) is 0 Å². The Balaban J connectivity index is 1.70. The van der Waals surface area contributed by atoms with Crippen molar-refractivity contribution >= 4 is 34.7 Å². The van der Waals surface area contributed by atoms with Crippen molar-refractivity contribution in [3.05, 3.63) is 71.3 Å². The summed E-state index contributed by atoms with van der Waals surface area (Å²) in [6.07, 6.45) is 3.08. The number of halogens is 1. The number of nitrogens with zero attached hydrogens (tertiary/aromatic N) is 1. The van der Waals surface area contributed by atoms with Gasteiger partial charge in [-0.15, -0.1) is 0 Å². The summed E-state index contributed by atoms with van der Waals surface area (Å²) in [6, 6.07) is 12.4. The van der Waals surface area contributed by atoms with Gasteiger partial charge in [0.1, 0.15) is 5.82 Å². The Labute approximate surface area is 138 Å². The molecule has 0 saturated carbocycles. The SMILES string of the molecule is Cc1c(Cl)cccc1Nc1ccc(NC(=O)c2ccco2)nc1. The van der Waals surface area contributed by atoms with E-state index in [-0.39, 0.29) is 11.7 Å². The molecule has 1 amide bonds. The second-order valence-corrected chi connectivity index (χ2v) is 5.31. The zero-order valence-corrected chi connectivity index (χ0v) is 13.1. The number of carbonyl (C=O) groups is 1. The highest BCUT2D eigenvalue weighted by atomic mass is 35.5. The molecule has 0 saturated heterocycles. The molecule has 2 aromatic heterocycles. The van der Waals surface area contributed by atoms with Gasteiger partial charge in [0.15, 0.2) is 5.76 Å². The fourth-order valence-corrected chi connectivity index (χ4v) is 2.20. The Morgan fingerprint density at radius 3 is 2.74 bits per heavy atom. The summed E-state index contributed by atoms with van der Waals surface area (Å²) < 4.78 is 5.03. The van der Waals surface area contributed by atoms with E-state index >= 15 is 0 Å². The number of pyridine rings is 1. The molecule has 2 N–H and O–H groups in total. The first kappa shape index (κ1) is 15.1. The molecule has 5 nitrogen and oxygen atoms in total. The van der Waals surface area contributed by atoms with Gasteiger partial charge in [0.05, 0.1) is 18.1 Å². The molecule has 0 aliphatic rings. The molecular weight excluding hydrogens is 314 g/mol. The normalized spacial score (nSPS) is 10.3. The van der Waals surface area contributed by atoms with Crippen molar-refractivity contribution in [3.8, 4) is 0 Å². The first-order valence-corrected chi connectivity index (χ1v) is 7.34. The van der Waals surface area contributed by atoms with E-state index in [1.807, 2.05) is 31.2 Å². The highest BCUT2D eigenvalue weighted by Gasteiger charge is 2.09. The van der Waals surface area contributed by atoms with Crippen molar-refractivity contribution in [1.82, 2.24) is 4.98 Å². The second kappa shape index (κ2) is 6.54. The van der Waals surface area contributed by atoms with Crippen molar-refractivity contribution < 1.29 is 9.21 Å². The molecule has 0 spiro atoms. The topological polar surface area (TPSA) is 67.2 Å². The van der Waals surface area contributed by atoms with Crippen LogP contribution in [0.4, 0.5) is 17.2 Å². The van der Waals surface area contributed by atoms with Crippen LogP contribution >= 0.6 is 11.6 Å². The van der Waals surface area contributed by atoms with Crippen LogP contribution in [-0.2, 0) is 0 Å². The summed E-state index contributed by atoms with van der Waals surface area (Å²) in [5.74, 6) is 0.345. The Kier molecular flexibility index (Phi) is 4.30. The van der Waals surface area contributed by atoms with Gasteiger partial charge in [0.2, 0.25) is 0 Å². The van der Waals surface area contributed by atoms with E-state index < -0.39 is 0 Å². The number of benzene rings is 1. The van der Waals surface area contributed by atoms with Gasteiger partial charge in [0.25, 0.3) is 5.91 Å². The fourth-order valence-electron chi connectivity index (χ4n) is 2.03. The van der Waals surface area contributed by atoms with Gasteiger partial charge in [-0.3, -0.25) is 4.79 Å². The lowest BCUT2D eigenvalue weighted by atomic mass is 10.2. The molecule has 0 fully saturated rings. The van der Waals surface area contributed by atoms with Gasteiger partial charge in [-0.2, -0.15) is 0 Å². The number of aromatic nitrogens is 1. The molecule has 23 heavy (non-hydrogen) atoms. The first-order chi connectivity index (χ1) is 11.1. The molecule has 3 rings (SSSR count). The van der Waals surface area contributed by atoms with E-state index in [1.54, 1.807) is 24.4 Å². The molecule has 0 bridgehead atoms. The van der Waals surface area contributed by atoms with Gasteiger partial charge in [-0.05, 0) is 48.9 Å². The van der Waals surface area contributed by atoms with Crippen molar-refractivity contribution in [2.75, 3.05) is 10.6 Å². The highest BCUT2D eigenvalue weighted by molar-refractivity contribution is 6.31. The maximum Gasteiger partial charge on any atom is 0.292 e. The molecule has 0 atom stereocenters. The zero-order valence-electron chi connectivity index (χ0n) is 12.3. The number of nitrogens with one attached hydrogen (secondary N) is 2. The lowest BCUT2D eigenvalue weighted by Gasteiger charge is -2.11. The summed E-state index contributed by atoms with van der Waals surface area (Å²) in [5.41, 5.74) is 2.67. The van der Waals surface area contributed by atoms with Crippen LogP contribution < -0.4 is 10.6 Å². The van der Waals surface area contributed by atoms with Crippen molar-refractivity contribution in [1.29, 1.82) is 0 Å². The summed E-state index contributed by atoms with van der Waals surface area (Å²) >= 11 is 6.10. The van der Waals surface area contributed by atoms with Crippen LogP contribution in [0, 0.1) is 6.92 Å². The predicted octanol–water partition coefficient (Wildman–Crippen LogP) is 4.63. The Morgan fingerprint density at radius 1 is 1.17 bits per heavy atom. The minimum atomic E-state index is -0.339. The van der Waals surface area contributed by atoms with Crippen molar-refractivity contribution in [2.45, 2.75) is 6.92 Å². The maximum atomic E-state index is 11.9. The Bertz CT molecular complexity index is 814. The van der Waals surface area contributed by atoms with Crippen LogP contribution in [0.2, 0.25) is 5.02 Å². The average Bonchev–Trinajstić information content (AvgIpc) is 3.08. The van der Waals surface area contributed by atoms with Crippen LogP contribution in [0.3, 0.4) is 0 Å². The van der Waals surface area contributed by atoms with Gasteiger partial charge in [0, 0.05) is 10.7 Å². The lowest BCUT2D eigenvalue weighted by Crippen LogP contribution is -2.11. The summed E-state index contributed by atoms with van der Waals surface area (Å²) in [6.45, 7) is 1.94. The van der Waals surface area contributed by atoms with E-state index in [0.717, 1.165) is 16.9 Å². The number of rotatable bonds is 4. The zero-order chi connectivity index (χ0) is 16.2. The average molecular weight is 328 g/mol. The van der Waals surface area contributed by atoms with E-state index in [2.05, 4.69) is 15.6 Å². The predicted molar refractivity (Wildman–Crippen MR) is 90.4 cm³/mol. The smallest absolute Gasteiger partial charge is 0.292 e. The monoisotopic (exact) mass is 327 g/mol. The van der Waals surface area contributed by atoms with Crippen LogP contribution in [0.15, 0.2) is 59.3 Å². The number of furan rings is 1. The quantitative estimate of drug-likeness (QED) is 0.733. The number of carbonyl (C=O) groups excluding carboxylic acids is 1. The molecule has 3 aromatic rings. The molecule has 0 unspecified atom stereocenters. The fraction of sp³-hybridized carbons (Fsp3) is 0.0588. The number of hydrogen-bond acceptors (Lipinski definition) is 4. The molecule has 0 radical (unpaired) electrons. The van der Waals surface area contributed by atoms with Crippen molar-refractivity contribution in [2.24, 2.45) is 0 Å². The third-order valence-corrected chi connectivity index (χ3v) is 3.71. The lowest BCUT2D eigenvalue weighted by molar-refractivity contribution is 0.0996. The summed E-state index contributed by atoms with van der Waals surface area (Å²) in [4.78, 5) is 16.1. The third-order valence-electron chi connectivity index (χ3n) is 3.30. The molecule has 6 heteroatoms. The molecular formula is C17H14ClN3O2. The summed E-state index contributed by atoms with van der Waals surface area (Å²) in [5, 5.41) is 6.61. The van der Waals surface area contributed by atoms with Crippen LogP contribution in [0.1, 0.15) is 16.1 Å². The summed E-state index contributed by atoms with van der Waals surface area (Å²) in [7, 11) is 0. The van der Waals surface area contributed by atoms with Gasteiger partial charge in [-0.1, -0.05) is 17.7 Å². The largest absolute Gasteiger partial charge is 0.459 e. The number of amides is 1. The van der Waals surface area contributed by atoms with Crippen LogP contribution in [-0.4, -0.2) is 10.9 Å². The van der Waals surface area contributed by atoms with E-state index in [4.69, 9.17) is 16.0 Å². The number of anilines is 3. The van der Waals surface area contributed by atoms with Crippen molar-refractivity contribution in [3.63, 3.8) is 0 Å². The highest BCUT2D eigenvalue weighted by Crippen LogP contribution is 2.26. The van der Waals surface area contributed by atoms with Crippen LogP contribution in [0.5, 0.6) is 0 Å². The maximum absolute atomic E-state index is 11.9. The number of hydrogen-bond donors (Lipinski definition) is 2. The molecule has 2 heterocycles. The van der Waals surface area contributed by atoms with Gasteiger partial charge >= 0.3 is 0 Å². The second-order valence-electron chi connectivity index (χ2n) is 4.90. The van der Waals surface area contributed by atoms with Gasteiger partial charge < -0.3 is 15.1 Å².